The maximum absolute atomic E-state index is 12.8. The molecular weight excluding hydrogens is 346 g/mol. The van der Waals surface area contributed by atoms with Gasteiger partial charge in [0.25, 0.3) is 5.91 Å². The molecule has 6 heteroatoms. The Morgan fingerprint density at radius 1 is 1.35 bits per heavy atom. The van der Waals surface area contributed by atoms with Gasteiger partial charge in [-0.3, -0.25) is 4.79 Å². The molecule has 1 aromatic heterocycles. The van der Waals surface area contributed by atoms with Crippen LogP contribution in [0.5, 0.6) is 0 Å². The molecule has 1 aliphatic rings. The molecule has 0 atom stereocenters. The summed E-state index contributed by atoms with van der Waals surface area (Å²) in [6, 6.07) is 2.07. The maximum Gasteiger partial charge on any atom is 0.254 e. The Kier molecular flexibility index (Phi) is 7.77. The number of ether oxygens (including phenoxy) is 1. The largest absolute Gasteiger partial charge is 0.378 e. The summed E-state index contributed by atoms with van der Waals surface area (Å²) in [5, 5.41) is 3.08. The summed E-state index contributed by atoms with van der Waals surface area (Å²) in [6.45, 7) is 14.6. The van der Waals surface area contributed by atoms with Gasteiger partial charge in [-0.15, -0.1) is 11.8 Å². The minimum atomic E-state index is -0.00612. The Balaban J connectivity index is 2.11. The van der Waals surface area contributed by atoms with Gasteiger partial charge in [-0.1, -0.05) is 27.7 Å². The zero-order chi connectivity index (χ0) is 19.2. The molecule has 1 N–H and O–H groups in total. The number of hydrogen-bond donors (Lipinski definition) is 1. The number of carbonyl (C=O) groups is 1. The van der Waals surface area contributed by atoms with Crippen LogP contribution in [0.3, 0.4) is 0 Å². The highest BCUT2D eigenvalue weighted by Crippen LogP contribution is 2.29. The van der Waals surface area contributed by atoms with Gasteiger partial charge in [-0.25, -0.2) is 4.98 Å². The Bertz CT molecular complexity index is 608. The molecule has 0 aliphatic carbocycles. The average molecular weight is 380 g/mol. The average Bonchev–Trinajstić information content (AvgIpc) is 2.58. The molecule has 1 aromatic rings. The standard InChI is InChI=1S/C20H33N3O2S/c1-6-26-16-14-17(23-10-12-25-13-11-23)22-15(2)18(16)19(24)21-9-7-8-20(3,4)5/h14H,6-13H2,1-5H3,(H,21,24). The highest BCUT2D eigenvalue weighted by molar-refractivity contribution is 7.99. The quantitative estimate of drug-likeness (QED) is 0.575. The van der Waals surface area contributed by atoms with Crippen LogP contribution in [-0.2, 0) is 4.74 Å². The van der Waals surface area contributed by atoms with Gasteiger partial charge in [0.05, 0.1) is 24.5 Å². The van der Waals surface area contributed by atoms with Gasteiger partial charge in [-0.05, 0) is 37.0 Å². The van der Waals surface area contributed by atoms with Gasteiger partial charge in [-0.2, -0.15) is 0 Å². The second-order valence-electron chi connectivity index (χ2n) is 7.89. The molecule has 0 radical (unpaired) electrons. The molecule has 5 nitrogen and oxygen atoms in total. The van der Waals surface area contributed by atoms with E-state index in [1.165, 1.54) is 0 Å². The SMILES string of the molecule is CCSc1cc(N2CCOCC2)nc(C)c1C(=O)NCCCC(C)(C)C. The lowest BCUT2D eigenvalue weighted by molar-refractivity contribution is 0.0947. The van der Waals surface area contributed by atoms with Crippen molar-refractivity contribution in [2.24, 2.45) is 5.41 Å². The number of thioether (sulfide) groups is 1. The van der Waals surface area contributed by atoms with Crippen molar-refractivity contribution < 1.29 is 9.53 Å². The van der Waals surface area contributed by atoms with E-state index in [0.29, 0.717) is 12.0 Å². The number of pyridine rings is 1. The number of aryl methyl sites for hydroxylation is 1. The molecule has 1 fully saturated rings. The second kappa shape index (κ2) is 9.60. The summed E-state index contributed by atoms with van der Waals surface area (Å²) >= 11 is 1.71. The monoisotopic (exact) mass is 379 g/mol. The van der Waals surface area contributed by atoms with Gasteiger partial charge in [0.1, 0.15) is 5.82 Å². The van der Waals surface area contributed by atoms with Crippen molar-refractivity contribution in [3.8, 4) is 0 Å². The van der Waals surface area contributed by atoms with E-state index in [2.05, 4.69) is 44.0 Å². The lowest BCUT2D eigenvalue weighted by atomic mass is 9.91. The van der Waals surface area contributed by atoms with Gasteiger partial charge in [0.2, 0.25) is 0 Å². The number of hydrogen-bond acceptors (Lipinski definition) is 5. The van der Waals surface area contributed by atoms with E-state index in [-0.39, 0.29) is 5.91 Å². The molecule has 1 aliphatic heterocycles. The fourth-order valence-electron chi connectivity index (χ4n) is 3.04. The smallest absolute Gasteiger partial charge is 0.254 e. The van der Waals surface area contributed by atoms with Crippen LogP contribution >= 0.6 is 11.8 Å². The van der Waals surface area contributed by atoms with Crippen LogP contribution in [0.2, 0.25) is 0 Å². The Morgan fingerprint density at radius 3 is 2.65 bits per heavy atom. The van der Waals surface area contributed by atoms with Gasteiger partial charge < -0.3 is 15.0 Å². The zero-order valence-electron chi connectivity index (χ0n) is 16.9. The van der Waals surface area contributed by atoms with Crippen molar-refractivity contribution in [3.63, 3.8) is 0 Å². The predicted octanol–water partition coefficient (Wildman–Crippen LogP) is 3.89. The number of nitrogens with zero attached hydrogens (tertiary/aromatic N) is 2. The van der Waals surface area contributed by atoms with Gasteiger partial charge in [0, 0.05) is 24.5 Å². The van der Waals surface area contributed by atoms with E-state index >= 15 is 0 Å². The van der Waals surface area contributed by atoms with Crippen LogP contribution in [0, 0.1) is 12.3 Å². The van der Waals surface area contributed by atoms with E-state index in [4.69, 9.17) is 9.72 Å². The third-order valence-corrected chi connectivity index (χ3v) is 5.32. The number of morpholine rings is 1. The van der Waals surface area contributed by atoms with Crippen molar-refractivity contribution in [1.82, 2.24) is 10.3 Å². The molecule has 0 unspecified atom stereocenters. The molecular formula is C20H33N3O2S. The normalized spacial score (nSPS) is 15.2. The van der Waals surface area contributed by atoms with Gasteiger partial charge >= 0.3 is 0 Å². The van der Waals surface area contributed by atoms with Crippen molar-refractivity contribution in [2.75, 3.05) is 43.5 Å². The van der Waals surface area contributed by atoms with E-state index in [9.17, 15) is 4.79 Å². The van der Waals surface area contributed by atoms with Crippen LogP contribution in [-0.4, -0.2) is 49.5 Å². The first-order valence-corrected chi connectivity index (χ1v) is 10.6. The van der Waals surface area contributed by atoms with Crippen molar-refractivity contribution in [1.29, 1.82) is 0 Å². The highest BCUT2D eigenvalue weighted by atomic mass is 32.2. The first-order chi connectivity index (χ1) is 12.3. The van der Waals surface area contributed by atoms with Crippen LogP contribution in [0.15, 0.2) is 11.0 Å². The molecule has 1 saturated heterocycles. The minimum Gasteiger partial charge on any atom is -0.378 e. The minimum absolute atomic E-state index is 0.00612. The number of carbonyl (C=O) groups excluding carboxylic acids is 1. The summed E-state index contributed by atoms with van der Waals surface area (Å²) in [6.07, 6.45) is 2.08. The van der Waals surface area contributed by atoms with Gasteiger partial charge in [0.15, 0.2) is 0 Å². The van der Waals surface area contributed by atoms with E-state index < -0.39 is 0 Å². The molecule has 146 valence electrons. The lowest BCUT2D eigenvalue weighted by Gasteiger charge is -2.29. The van der Waals surface area contributed by atoms with Crippen LogP contribution in [0.1, 0.15) is 56.6 Å². The van der Waals surface area contributed by atoms with Crippen molar-refractivity contribution in [2.45, 2.75) is 52.4 Å². The fraction of sp³-hybridized carbons (Fsp3) is 0.700. The summed E-state index contributed by atoms with van der Waals surface area (Å²) < 4.78 is 5.43. The van der Waals surface area contributed by atoms with Crippen LogP contribution in [0.25, 0.3) is 0 Å². The second-order valence-corrected chi connectivity index (χ2v) is 9.20. The van der Waals surface area contributed by atoms with E-state index in [0.717, 1.165) is 66.9 Å². The third kappa shape index (κ3) is 6.16. The van der Waals surface area contributed by atoms with E-state index in [1.807, 2.05) is 6.92 Å². The first kappa shape index (κ1) is 21.0. The molecule has 2 heterocycles. The number of aromatic nitrogens is 1. The number of rotatable bonds is 7. The first-order valence-electron chi connectivity index (χ1n) is 9.57. The summed E-state index contributed by atoms with van der Waals surface area (Å²) in [5.74, 6) is 1.87. The summed E-state index contributed by atoms with van der Waals surface area (Å²) in [4.78, 5) is 20.8. The zero-order valence-corrected chi connectivity index (χ0v) is 17.7. The molecule has 0 aromatic carbocycles. The summed E-state index contributed by atoms with van der Waals surface area (Å²) in [5.41, 5.74) is 1.83. The molecule has 0 bridgehead atoms. The number of nitrogens with one attached hydrogen (secondary N) is 1. The molecule has 0 spiro atoms. The Labute approximate surface area is 162 Å². The molecule has 1 amide bonds. The maximum atomic E-state index is 12.8. The predicted molar refractivity (Wildman–Crippen MR) is 109 cm³/mol. The van der Waals surface area contributed by atoms with E-state index in [1.54, 1.807) is 11.8 Å². The number of amides is 1. The third-order valence-electron chi connectivity index (χ3n) is 4.40. The Hall–Kier alpha value is -1.27. The molecule has 26 heavy (non-hydrogen) atoms. The topological polar surface area (TPSA) is 54.5 Å². The fourth-order valence-corrected chi connectivity index (χ4v) is 3.92. The van der Waals surface area contributed by atoms with Crippen molar-refractivity contribution >= 4 is 23.5 Å². The Morgan fingerprint density at radius 2 is 2.04 bits per heavy atom. The molecule has 0 saturated carbocycles. The van der Waals surface area contributed by atoms with Crippen LogP contribution < -0.4 is 10.2 Å². The van der Waals surface area contributed by atoms with Crippen LogP contribution in [0.4, 0.5) is 5.82 Å². The van der Waals surface area contributed by atoms with Crippen molar-refractivity contribution in [3.05, 3.63) is 17.3 Å². The summed E-state index contributed by atoms with van der Waals surface area (Å²) in [7, 11) is 0. The molecule has 2 rings (SSSR count). The number of anilines is 1. The lowest BCUT2D eigenvalue weighted by Crippen LogP contribution is -2.37. The highest BCUT2D eigenvalue weighted by Gasteiger charge is 2.20.